The van der Waals surface area contributed by atoms with Gasteiger partial charge in [-0.3, -0.25) is 4.79 Å². The van der Waals surface area contributed by atoms with Crippen molar-refractivity contribution >= 4 is 24.0 Å². The van der Waals surface area contributed by atoms with E-state index in [2.05, 4.69) is 0 Å². The van der Waals surface area contributed by atoms with Crippen LogP contribution in [0.1, 0.15) is 25.5 Å². The number of anilines is 1. The zero-order valence-corrected chi connectivity index (χ0v) is 14.1. The van der Waals surface area contributed by atoms with E-state index >= 15 is 0 Å². The maximum Gasteiger partial charge on any atom is 0.231 e. The molecule has 0 radical (unpaired) electrons. The van der Waals surface area contributed by atoms with Gasteiger partial charge < -0.3 is 10.6 Å². The number of nitrogens with two attached hydrogens (primary N) is 1. The quantitative estimate of drug-likeness (QED) is 0.899. The van der Waals surface area contributed by atoms with E-state index in [1.807, 2.05) is 44.2 Å². The molecule has 2 atom stereocenters. The zero-order chi connectivity index (χ0) is 16.1. The molecule has 124 valence electrons. The molecule has 0 heterocycles. The number of halogens is 2. The SMILES string of the molecule is CCN(C(=O)C(C)C(N)c1ccccc1)c1ccc(F)cc1.Cl. The largest absolute Gasteiger partial charge is 0.323 e. The highest BCUT2D eigenvalue weighted by molar-refractivity contribution is 5.95. The summed E-state index contributed by atoms with van der Waals surface area (Å²) in [5, 5.41) is 0. The third kappa shape index (κ3) is 4.53. The molecule has 0 aliphatic rings. The van der Waals surface area contributed by atoms with Crippen LogP contribution in [0, 0.1) is 11.7 Å². The van der Waals surface area contributed by atoms with Crippen molar-refractivity contribution < 1.29 is 9.18 Å². The van der Waals surface area contributed by atoms with Crippen LogP contribution in [0.15, 0.2) is 54.6 Å². The predicted molar refractivity (Wildman–Crippen MR) is 94.2 cm³/mol. The summed E-state index contributed by atoms with van der Waals surface area (Å²) in [6.07, 6.45) is 0. The maximum absolute atomic E-state index is 13.0. The van der Waals surface area contributed by atoms with Crippen molar-refractivity contribution in [1.82, 2.24) is 0 Å². The van der Waals surface area contributed by atoms with Gasteiger partial charge in [-0.05, 0) is 36.8 Å². The molecule has 0 aliphatic carbocycles. The van der Waals surface area contributed by atoms with Gasteiger partial charge in [0.25, 0.3) is 0 Å². The minimum Gasteiger partial charge on any atom is -0.323 e. The van der Waals surface area contributed by atoms with Gasteiger partial charge in [0.1, 0.15) is 5.82 Å². The average Bonchev–Trinajstić information content (AvgIpc) is 2.56. The molecule has 2 rings (SSSR count). The molecule has 0 bridgehead atoms. The van der Waals surface area contributed by atoms with Crippen LogP contribution < -0.4 is 10.6 Å². The highest BCUT2D eigenvalue weighted by Crippen LogP contribution is 2.24. The molecule has 0 aliphatic heterocycles. The minimum absolute atomic E-state index is 0. The van der Waals surface area contributed by atoms with Crippen molar-refractivity contribution in [2.24, 2.45) is 11.7 Å². The highest BCUT2D eigenvalue weighted by atomic mass is 35.5. The van der Waals surface area contributed by atoms with Gasteiger partial charge in [-0.15, -0.1) is 12.4 Å². The Labute approximate surface area is 142 Å². The summed E-state index contributed by atoms with van der Waals surface area (Å²) >= 11 is 0. The van der Waals surface area contributed by atoms with Crippen molar-refractivity contribution in [3.8, 4) is 0 Å². The molecule has 2 N–H and O–H groups in total. The molecule has 0 saturated heterocycles. The Hall–Kier alpha value is -1.91. The molecular weight excluding hydrogens is 315 g/mol. The van der Waals surface area contributed by atoms with Crippen LogP contribution in [0.3, 0.4) is 0 Å². The molecule has 1 amide bonds. The Bertz CT molecular complexity index is 619. The van der Waals surface area contributed by atoms with Gasteiger partial charge in [0.05, 0.1) is 5.92 Å². The summed E-state index contributed by atoms with van der Waals surface area (Å²) in [6, 6.07) is 15.1. The fourth-order valence-corrected chi connectivity index (χ4v) is 2.45. The Morgan fingerprint density at radius 3 is 2.22 bits per heavy atom. The van der Waals surface area contributed by atoms with Crippen LogP contribution in [0.5, 0.6) is 0 Å². The number of hydrogen-bond donors (Lipinski definition) is 1. The van der Waals surface area contributed by atoms with Crippen molar-refractivity contribution in [1.29, 1.82) is 0 Å². The van der Waals surface area contributed by atoms with Gasteiger partial charge in [-0.2, -0.15) is 0 Å². The lowest BCUT2D eigenvalue weighted by Crippen LogP contribution is -2.39. The second kappa shape index (κ2) is 8.65. The zero-order valence-electron chi connectivity index (χ0n) is 13.3. The first-order valence-corrected chi connectivity index (χ1v) is 7.42. The summed E-state index contributed by atoms with van der Waals surface area (Å²) < 4.78 is 13.0. The second-order valence-electron chi connectivity index (χ2n) is 5.28. The molecule has 23 heavy (non-hydrogen) atoms. The molecule has 0 saturated carbocycles. The van der Waals surface area contributed by atoms with Crippen molar-refractivity contribution in [2.75, 3.05) is 11.4 Å². The lowest BCUT2D eigenvalue weighted by atomic mass is 9.94. The molecule has 5 heteroatoms. The van der Waals surface area contributed by atoms with E-state index in [0.717, 1.165) is 5.56 Å². The molecule has 2 aromatic rings. The first-order chi connectivity index (χ1) is 10.5. The fourth-order valence-electron chi connectivity index (χ4n) is 2.45. The van der Waals surface area contributed by atoms with Gasteiger partial charge in [0.2, 0.25) is 5.91 Å². The Balaban J connectivity index is 0.00000264. The summed E-state index contributed by atoms with van der Waals surface area (Å²) in [5.74, 6) is -0.751. The van der Waals surface area contributed by atoms with Gasteiger partial charge in [0.15, 0.2) is 0 Å². The van der Waals surface area contributed by atoms with Crippen LogP contribution in [0.4, 0.5) is 10.1 Å². The van der Waals surface area contributed by atoms with Crippen LogP contribution in [-0.4, -0.2) is 12.5 Å². The predicted octanol–water partition coefficient (Wildman–Crippen LogP) is 3.94. The van der Waals surface area contributed by atoms with E-state index in [-0.39, 0.29) is 36.1 Å². The topological polar surface area (TPSA) is 46.3 Å². The number of hydrogen-bond acceptors (Lipinski definition) is 2. The van der Waals surface area contributed by atoms with Gasteiger partial charge in [0, 0.05) is 18.3 Å². The summed E-state index contributed by atoms with van der Waals surface area (Å²) in [5.41, 5.74) is 7.84. The van der Waals surface area contributed by atoms with Crippen LogP contribution in [0.25, 0.3) is 0 Å². The second-order valence-corrected chi connectivity index (χ2v) is 5.28. The van der Waals surface area contributed by atoms with Gasteiger partial charge >= 0.3 is 0 Å². The van der Waals surface area contributed by atoms with Crippen LogP contribution in [0.2, 0.25) is 0 Å². The monoisotopic (exact) mass is 336 g/mol. The Morgan fingerprint density at radius 1 is 1.13 bits per heavy atom. The third-order valence-electron chi connectivity index (χ3n) is 3.83. The first-order valence-electron chi connectivity index (χ1n) is 7.42. The highest BCUT2D eigenvalue weighted by Gasteiger charge is 2.26. The van der Waals surface area contributed by atoms with Crippen molar-refractivity contribution in [3.05, 3.63) is 66.0 Å². The number of rotatable bonds is 5. The number of nitrogens with zero attached hydrogens (tertiary/aromatic N) is 1. The minimum atomic E-state index is -0.372. The first kappa shape index (κ1) is 19.1. The normalized spacial score (nSPS) is 12.9. The average molecular weight is 337 g/mol. The van der Waals surface area contributed by atoms with Gasteiger partial charge in [-0.25, -0.2) is 4.39 Å². The molecule has 0 spiro atoms. The van der Waals surface area contributed by atoms with E-state index in [1.165, 1.54) is 12.1 Å². The van der Waals surface area contributed by atoms with E-state index < -0.39 is 0 Å². The molecule has 2 aromatic carbocycles. The summed E-state index contributed by atoms with van der Waals surface area (Å²) in [4.78, 5) is 14.4. The van der Waals surface area contributed by atoms with Crippen LogP contribution in [-0.2, 0) is 4.79 Å². The van der Waals surface area contributed by atoms with Crippen molar-refractivity contribution in [2.45, 2.75) is 19.9 Å². The molecule has 3 nitrogen and oxygen atoms in total. The van der Waals surface area contributed by atoms with Gasteiger partial charge in [-0.1, -0.05) is 37.3 Å². The Morgan fingerprint density at radius 2 is 1.70 bits per heavy atom. The lowest BCUT2D eigenvalue weighted by Gasteiger charge is -2.27. The fraction of sp³-hybridized carbons (Fsp3) is 0.278. The maximum atomic E-state index is 13.0. The number of carbonyl (C=O) groups is 1. The van der Waals surface area contributed by atoms with Crippen molar-refractivity contribution in [3.63, 3.8) is 0 Å². The van der Waals surface area contributed by atoms with E-state index in [4.69, 9.17) is 5.73 Å². The number of benzene rings is 2. The lowest BCUT2D eigenvalue weighted by molar-refractivity contribution is -0.122. The molecule has 0 fully saturated rings. The standard InChI is InChI=1S/C18H21FN2O.ClH/c1-3-21(16-11-9-15(19)10-12-16)18(22)13(2)17(20)14-7-5-4-6-8-14;/h4-13,17H,3,20H2,1-2H3;1H. The Kier molecular flexibility index (Phi) is 7.20. The number of carbonyl (C=O) groups excluding carboxylic acids is 1. The van der Waals surface area contributed by atoms with E-state index in [0.29, 0.717) is 12.2 Å². The molecular formula is C18H22ClFN2O. The summed E-state index contributed by atoms with van der Waals surface area (Å²) in [7, 11) is 0. The molecule has 0 aromatic heterocycles. The van der Waals surface area contributed by atoms with E-state index in [9.17, 15) is 9.18 Å². The third-order valence-corrected chi connectivity index (χ3v) is 3.83. The molecule has 2 unspecified atom stereocenters. The van der Waals surface area contributed by atoms with E-state index in [1.54, 1.807) is 17.0 Å². The van der Waals surface area contributed by atoms with Crippen LogP contribution >= 0.6 is 12.4 Å². The smallest absolute Gasteiger partial charge is 0.231 e. The summed E-state index contributed by atoms with van der Waals surface area (Å²) in [6.45, 7) is 4.23. The number of amides is 1.